The van der Waals surface area contributed by atoms with Crippen LogP contribution in [0.5, 0.6) is 0 Å². The molecular formula is C25H20Cl2F3N3O3S. The molecular weight excluding hydrogens is 550 g/mol. The number of aromatic nitrogens is 1. The number of hydrogen-bond acceptors (Lipinski definition) is 5. The molecule has 1 N–H and O–H groups in total. The highest BCUT2D eigenvalue weighted by molar-refractivity contribution is 7.99. The number of halogens is 5. The average molecular weight is 570 g/mol. The van der Waals surface area contributed by atoms with Crippen LogP contribution < -0.4 is 10.5 Å². The van der Waals surface area contributed by atoms with E-state index >= 15 is 0 Å². The number of H-pyrrole nitrogens is 1. The molecule has 0 bridgehead atoms. The molecule has 3 heterocycles. The molecule has 6 nitrogen and oxygen atoms in total. The van der Waals surface area contributed by atoms with Crippen LogP contribution in [0.3, 0.4) is 0 Å². The molecule has 0 aliphatic carbocycles. The van der Waals surface area contributed by atoms with Gasteiger partial charge in [0.25, 0.3) is 11.5 Å². The van der Waals surface area contributed by atoms with Crippen molar-refractivity contribution >= 4 is 46.6 Å². The first-order valence-corrected chi connectivity index (χ1v) is 12.9. The van der Waals surface area contributed by atoms with E-state index in [1.165, 1.54) is 17.0 Å². The molecule has 3 aromatic rings. The van der Waals surface area contributed by atoms with Gasteiger partial charge in [-0.05, 0) is 41.5 Å². The molecule has 2 aromatic carbocycles. The summed E-state index contributed by atoms with van der Waals surface area (Å²) in [5.41, 5.74) is 0.0552. The summed E-state index contributed by atoms with van der Waals surface area (Å²) in [6.45, 7) is 3.24. The van der Waals surface area contributed by atoms with Gasteiger partial charge in [0, 0.05) is 41.7 Å². The number of benzene rings is 2. The molecule has 5 rings (SSSR count). The van der Waals surface area contributed by atoms with Gasteiger partial charge in [-0.3, -0.25) is 9.59 Å². The summed E-state index contributed by atoms with van der Waals surface area (Å²) in [5, 5.41) is 0.378. The maximum atomic E-state index is 13.6. The topological polar surface area (TPSA) is 65.6 Å². The minimum atomic E-state index is -4.82. The molecule has 2 aliphatic heterocycles. The third-order valence-corrected chi connectivity index (χ3v) is 8.26. The van der Waals surface area contributed by atoms with Gasteiger partial charge in [-0.2, -0.15) is 13.2 Å². The summed E-state index contributed by atoms with van der Waals surface area (Å²) in [6.07, 6.45) is -4.82. The van der Waals surface area contributed by atoms with Crippen LogP contribution >= 0.6 is 35.0 Å². The molecule has 1 saturated heterocycles. The number of rotatable bonds is 4. The van der Waals surface area contributed by atoms with Crippen molar-refractivity contribution in [3.8, 4) is 0 Å². The van der Waals surface area contributed by atoms with Crippen molar-refractivity contribution in [1.82, 2.24) is 9.88 Å². The van der Waals surface area contributed by atoms with E-state index in [1.807, 2.05) is 23.2 Å². The number of fused-ring (bicyclic) bond motifs is 1. The van der Waals surface area contributed by atoms with Gasteiger partial charge >= 0.3 is 6.18 Å². The Morgan fingerprint density at radius 2 is 1.68 bits per heavy atom. The largest absolute Gasteiger partial charge is 0.431 e. The number of carbonyl (C=O) groups excluding carboxylic acids is 1. The Morgan fingerprint density at radius 1 is 1.00 bits per heavy atom. The predicted octanol–water partition coefficient (Wildman–Crippen LogP) is 5.84. The lowest BCUT2D eigenvalue weighted by molar-refractivity contribution is -0.141. The van der Waals surface area contributed by atoms with Crippen molar-refractivity contribution < 1.29 is 22.7 Å². The van der Waals surface area contributed by atoms with Crippen LogP contribution in [0.4, 0.5) is 18.9 Å². The molecule has 0 spiro atoms. The number of alkyl halides is 3. The summed E-state index contributed by atoms with van der Waals surface area (Å²) in [6, 6.07) is 11.3. The number of aromatic amines is 1. The predicted molar refractivity (Wildman–Crippen MR) is 136 cm³/mol. The average Bonchev–Trinajstić information content (AvgIpc) is 3.29. The van der Waals surface area contributed by atoms with Crippen molar-refractivity contribution in [3.63, 3.8) is 0 Å². The Labute approximate surface area is 224 Å². The van der Waals surface area contributed by atoms with Gasteiger partial charge in [-0.1, -0.05) is 47.1 Å². The minimum absolute atomic E-state index is 0.180. The highest BCUT2D eigenvalue weighted by atomic mass is 35.5. The highest BCUT2D eigenvalue weighted by Crippen LogP contribution is 2.41. The highest BCUT2D eigenvalue weighted by Gasteiger charge is 2.36. The van der Waals surface area contributed by atoms with Gasteiger partial charge in [0.2, 0.25) is 0 Å². The number of ether oxygens (including phenoxy) is 1. The normalized spacial score (nSPS) is 15.7. The molecule has 0 saturated carbocycles. The van der Waals surface area contributed by atoms with Crippen LogP contribution in [0.1, 0.15) is 27.2 Å². The lowest BCUT2D eigenvalue weighted by atomic mass is 10.1. The van der Waals surface area contributed by atoms with Gasteiger partial charge in [0.15, 0.2) is 0 Å². The lowest BCUT2D eigenvalue weighted by Gasteiger charge is -2.29. The number of amides is 1. The standard InChI is InChI=1S/C25H20Cl2F3N3O3S/c26-17-2-1-3-18(27)22(17)37-19-11-20(25(28,29)30)31-23(34)21(19)24(35)33-12-14-4-5-16(10-15(14)13-33)32-6-8-36-9-7-32/h1-5,10-11H,6-9,12-13H2,(H,31,34). The first-order valence-electron chi connectivity index (χ1n) is 11.3. The lowest BCUT2D eigenvalue weighted by Crippen LogP contribution is -2.36. The number of morpholine rings is 1. The van der Waals surface area contributed by atoms with Crippen LogP contribution in [-0.4, -0.2) is 42.1 Å². The Bertz CT molecular complexity index is 1400. The summed E-state index contributed by atoms with van der Waals surface area (Å²) in [5.74, 6) is -0.676. The maximum absolute atomic E-state index is 13.6. The fourth-order valence-corrected chi connectivity index (χ4v) is 6.00. The first kappa shape index (κ1) is 26.0. The molecule has 194 valence electrons. The smallest absolute Gasteiger partial charge is 0.378 e. The van der Waals surface area contributed by atoms with Gasteiger partial charge < -0.3 is 19.5 Å². The third kappa shape index (κ3) is 5.34. The molecule has 0 radical (unpaired) electrons. The zero-order chi connectivity index (χ0) is 26.3. The third-order valence-electron chi connectivity index (χ3n) is 6.22. The fourth-order valence-electron chi connectivity index (χ4n) is 4.36. The zero-order valence-corrected chi connectivity index (χ0v) is 21.5. The summed E-state index contributed by atoms with van der Waals surface area (Å²) >= 11 is 13.2. The zero-order valence-electron chi connectivity index (χ0n) is 19.2. The maximum Gasteiger partial charge on any atom is 0.431 e. The van der Waals surface area contributed by atoms with Crippen molar-refractivity contribution in [2.45, 2.75) is 29.1 Å². The second kappa shape index (κ2) is 10.2. The quantitative estimate of drug-likeness (QED) is 0.427. The van der Waals surface area contributed by atoms with Gasteiger partial charge in [0.1, 0.15) is 11.3 Å². The Kier molecular flexibility index (Phi) is 7.19. The second-order valence-corrected chi connectivity index (χ2v) is 10.5. The van der Waals surface area contributed by atoms with E-state index in [-0.39, 0.29) is 32.9 Å². The summed E-state index contributed by atoms with van der Waals surface area (Å²) in [7, 11) is 0. The van der Waals surface area contributed by atoms with Gasteiger partial charge in [-0.15, -0.1) is 0 Å². The monoisotopic (exact) mass is 569 g/mol. The van der Waals surface area contributed by atoms with E-state index in [2.05, 4.69) is 4.90 Å². The van der Waals surface area contributed by atoms with Crippen molar-refractivity contribution in [2.75, 3.05) is 31.2 Å². The summed E-state index contributed by atoms with van der Waals surface area (Å²) < 4.78 is 45.9. The molecule has 1 aromatic heterocycles. The van der Waals surface area contributed by atoms with E-state index in [4.69, 9.17) is 27.9 Å². The molecule has 12 heteroatoms. The number of nitrogens with zero attached hydrogens (tertiary/aromatic N) is 2. The number of pyridine rings is 1. The second-order valence-electron chi connectivity index (χ2n) is 8.62. The Balaban J connectivity index is 1.49. The molecule has 0 unspecified atom stereocenters. The first-order chi connectivity index (χ1) is 17.6. The van der Waals surface area contributed by atoms with Gasteiger partial charge in [-0.25, -0.2) is 0 Å². The Morgan fingerprint density at radius 3 is 2.35 bits per heavy atom. The number of nitrogens with one attached hydrogen (secondary N) is 1. The fraction of sp³-hybridized carbons (Fsp3) is 0.280. The van der Waals surface area contributed by atoms with E-state index in [9.17, 15) is 22.8 Å². The van der Waals surface area contributed by atoms with E-state index in [0.29, 0.717) is 13.2 Å². The molecule has 1 amide bonds. The number of anilines is 1. The Hall–Kier alpha value is -2.66. The van der Waals surface area contributed by atoms with Crippen molar-refractivity contribution in [1.29, 1.82) is 0 Å². The van der Waals surface area contributed by atoms with Crippen LogP contribution in [0, 0.1) is 0 Å². The SMILES string of the molecule is O=C(c1c(Sc2c(Cl)cccc2Cl)cc(C(F)(F)F)[nH]c1=O)N1Cc2ccc(N3CCOCC3)cc2C1. The molecule has 1 fully saturated rings. The van der Waals surface area contributed by atoms with Crippen LogP contribution in [0.25, 0.3) is 0 Å². The molecule has 37 heavy (non-hydrogen) atoms. The minimum Gasteiger partial charge on any atom is -0.378 e. The van der Waals surface area contributed by atoms with Gasteiger partial charge in [0.05, 0.1) is 23.3 Å². The molecule has 2 aliphatic rings. The van der Waals surface area contributed by atoms with E-state index in [0.717, 1.165) is 47.7 Å². The van der Waals surface area contributed by atoms with Crippen LogP contribution in [0.15, 0.2) is 57.1 Å². The van der Waals surface area contributed by atoms with Crippen LogP contribution in [0.2, 0.25) is 10.0 Å². The van der Waals surface area contributed by atoms with Crippen molar-refractivity contribution in [2.24, 2.45) is 0 Å². The van der Waals surface area contributed by atoms with Crippen LogP contribution in [-0.2, 0) is 24.0 Å². The molecule has 0 atom stereocenters. The number of carbonyl (C=O) groups is 1. The van der Waals surface area contributed by atoms with E-state index < -0.39 is 28.9 Å². The van der Waals surface area contributed by atoms with E-state index in [1.54, 1.807) is 6.07 Å². The number of hydrogen-bond donors (Lipinski definition) is 1. The van der Waals surface area contributed by atoms with Crippen molar-refractivity contribution in [3.05, 3.63) is 85.2 Å². The summed E-state index contributed by atoms with van der Waals surface area (Å²) in [4.78, 5) is 32.0.